The second-order valence-corrected chi connectivity index (χ2v) is 6.13. The quantitative estimate of drug-likeness (QED) is 0.813. The van der Waals surface area contributed by atoms with Gasteiger partial charge in [0.05, 0.1) is 12.7 Å². The molecule has 1 saturated carbocycles. The van der Waals surface area contributed by atoms with E-state index in [9.17, 15) is 0 Å². The van der Waals surface area contributed by atoms with Gasteiger partial charge in [0.2, 0.25) is 0 Å². The third-order valence-corrected chi connectivity index (χ3v) is 4.57. The highest BCUT2D eigenvalue weighted by molar-refractivity contribution is 4.81. The number of morpholine rings is 1. The summed E-state index contributed by atoms with van der Waals surface area (Å²) in [6, 6.07) is 0.719. The fourth-order valence-electron chi connectivity index (χ4n) is 3.02. The number of ether oxygens (including phenoxy) is 1. The first-order valence-corrected chi connectivity index (χ1v) is 7.18. The third-order valence-electron chi connectivity index (χ3n) is 4.57. The van der Waals surface area contributed by atoms with Crippen LogP contribution >= 0.6 is 0 Å². The van der Waals surface area contributed by atoms with E-state index in [2.05, 4.69) is 31.1 Å². The van der Waals surface area contributed by atoms with Gasteiger partial charge in [-0.05, 0) is 38.1 Å². The molecule has 0 unspecified atom stereocenters. The van der Waals surface area contributed by atoms with E-state index in [4.69, 9.17) is 4.74 Å². The number of hydrogen-bond acceptors (Lipinski definition) is 3. The molecular formula is C14H28N2O. The van der Waals surface area contributed by atoms with E-state index >= 15 is 0 Å². The topological polar surface area (TPSA) is 24.5 Å². The van der Waals surface area contributed by atoms with Gasteiger partial charge in [-0.15, -0.1) is 0 Å². The highest BCUT2D eigenvalue weighted by Crippen LogP contribution is 2.29. The lowest BCUT2D eigenvalue weighted by atomic mass is 9.79. The first-order chi connectivity index (χ1) is 8.15. The molecule has 2 rings (SSSR count). The number of hydrogen-bond donors (Lipinski definition) is 1. The number of nitrogens with one attached hydrogen (secondary N) is 1. The van der Waals surface area contributed by atoms with E-state index in [1.165, 1.54) is 19.3 Å². The Kier molecular flexibility index (Phi) is 4.83. The lowest BCUT2D eigenvalue weighted by Crippen LogP contribution is -2.47. The molecule has 0 aromatic carbocycles. The molecule has 3 nitrogen and oxygen atoms in total. The van der Waals surface area contributed by atoms with Crippen LogP contribution in [-0.2, 0) is 4.74 Å². The average Bonchev–Trinajstić information content (AvgIpc) is 2.31. The Morgan fingerprint density at radius 1 is 1.24 bits per heavy atom. The Morgan fingerprint density at radius 3 is 2.76 bits per heavy atom. The molecule has 0 bridgehead atoms. The van der Waals surface area contributed by atoms with Crippen LogP contribution in [0.5, 0.6) is 0 Å². The maximum Gasteiger partial charge on any atom is 0.0826 e. The number of rotatable bonds is 3. The standard InChI is InChI=1S/C14H28N2O/c1-11-4-5-13(8-12(11)2)15-9-14-10-16(3)6-7-17-14/h11-15H,4-10H2,1-3H3/t11-,12-,13+,14-/m1/s1. The summed E-state index contributed by atoms with van der Waals surface area (Å²) in [6.45, 7) is 8.85. The Balaban J connectivity index is 1.67. The molecule has 2 fully saturated rings. The van der Waals surface area contributed by atoms with Gasteiger partial charge in [0, 0.05) is 25.7 Å². The van der Waals surface area contributed by atoms with Gasteiger partial charge in [0.25, 0.3) is 0 Å². The highest BCUT2D eigenvalue weighted by Gasteiger charge is 2.25. The number of likely N-dealkylation sites (N-methyl/N-ethyl adjacent to an activating group) is 1. The molecule has 1 N–H and O–H groups in total. The van der Waals surface area contributed by atoms with Gasteiger partial charge in [-0.25, -0.2) is 0 Å². The summed E-state index contributed by atoms with van der Waals surface area (Å²) in [7, 11) is 2.18. The van der Waals surface area contributed by atoms with Crippen LogP contribution in [-0.4, -0.2) is 50.3 Å². The maximum absolute atomic E-state index is 5.78. The van der Waals surface area contributed by atoms with Crippen molar-refractivity contribution < 1.29 is 4.74 Å². The van der Waals surface area contributed by atoms with Gasteiger partial charge >= 0.3 is 0 Å². The maximum atomic E-state index is 5.78. The van der Waals surface area contributed by atoms with Gasteiger partial charge in [0.1, 0.15) is 0 Å². The van der Waals surface area contributed by atoms with Crippen molar-refractivity contribution in [3.05, 3.63) is 0 Å². The van der Waals surface area contributed by atoms with Gasteiger partial charge in [-0.1, -0.05) is 13.8 Å². The largest absolute Gasteiger partial charge is 0.374 e. The second kappa shape index (κ2) is 6.17. The lowest BCUT2D eigenvalue weighted by Gasteiger charge is -2.35. The summed E-state index contributed by atoms with van der Waals surface area (Å²) < 4.78 is 5.78. The second-order valence-electron chi connectivity index (χ2n) is 6.13. The van der Waals surface area contributed by atoms with Crippen molar-refractivity contribution in [3.8, 4) is 0 Å². The predicted octanol–water partition coefficient (Wildman–Crippen LogP) is 1.73. The van der Waals surface area contributed by atoms with E-state index in [-0.39, 0.29) is 0 Å². The number of nitrogens with zero attached hydrogens (tertiary/aromatic N) is 1. The average molecular weight is 240 g/mol. The minimum atomic E-state index is 0.392. The Hall–Kier alpha value is -0.120. The molecule has 3 heteroatoms. The van der Waals surface area contributed by atoms with E-state index in [0.717, 1.165) is 44.1 Å². The molecule has 1 saturated heterocycles. The van der Waals surface area contributed by atoms with Crippen molar-refractivity contribution in [2.75, 3.05) is 33.3 Å². The van der Waals surface area contributed by atoms with Crippen molar-refractivity contribution >= 4 is 0 Å². The molecule has 0 spiro atoms. The van der Waals surface area contributed by atoms with Crippen LogP contribution < -0.4 is 5.32 Å². The van der Waals surface area contributed by atoms with Gasteiger partial charge < -0.3 is 15.0 Å². The first-order valence-electron chi connectivity index (χ1n) is 7.18. The minimum Gasteiger partial charge on any atom is -0.374 e. The summed E-state index contributed by atoms with van der Waals surface area (Å²) in [4.78, 5) is 2.36. The SMILES string of the molecule is C[C@@H]1CC[C@H](NC[C@@H]2CN(C)CCO2)C[C@H]1C. The lowest BCUT2D eigenvalue weighted by molar-refractivity contribution is -0.0203. The highest BCUT2D eigenvalue weighted by atomic mass is 16.5. The molecule has 0 radical (unpaired) electrons. The van der Waals surface area contributed by atoms with Crippen LogP contribution in [0, 0.1) is 11.8 Å². The normalized spacial score (nSPS) is 40.4. The smallest absolute Gasteiger partial charge is 0.0826 e. The molecule has 1 aliphatic heterocycles. The van der Waals surface area contributed by atoms with Crippen molar-refractivity contribution in [3.63, 3.8) is 0 Å². The van der Waals surface area contributed by atoms with E-state index in [0.29, 0.717) is 6.10 Å². The summed E-state index contributed by atoms with van der Waals surface area (Å²) in [5, 5.41) is 3.71. The zero-order chi connectivity index (χ0) is 12.3. The van der Waals surface area contributed by atoms with Crippen LogP contribution in [0.1, 0.15) is 33.1 Å². The van der Waals surface area contributed by atoms with Crippen LogP contribution in [0.25, 0.3) is 0 Å². The summed E-state index contributed by atoms with van der Waals surface area (Å²) >= 11 is 0. The van der Waals surface area contributed by atoms with Gasteiger partial charge in [-0.2, -0.15) is 0 Å². The Bertz CT molecular complexity index is 234. The molecule has 17 heavy (non-hydrogen) atoms. The zero-order valence-electron chi connectivity index (χ0n) is 11.6. The van der Waals surface area contributed by atoms with Crippen molar-refractivity contribution in [2.45, 2.75) is 45.3 Å². The van der Waals surface area contributed by atoms with Crippen LogP contribution in [0.4, 0.5) is 0 Å². The first kappa shape index (κ1) is 13.3. The van der Waals surface area contributed by atoms with E-state index in [1.807, 2.05) is 0 Å². The molecule has 0 aromatic rings. The fourth-order valence-corrected chi connectivity index (χ4v) is 3.02. The van der Waals surface area contributed by atoms with Crippen LogP contribution in [0.15, 0.2) is 0 Å². The molecule has 1 aliphatic carbocycles. The fraction of sp³-hybridized carbons (Fsp3) is 1.00. The van der Waals surface area contributed by atoms with Crippen LogP contribution in [0.2, 0.25) is 0 Å². The van der Waals surface area contributed by atoms with Crippen LogP contribution in [0.3, 0.4) is 0 Å². The molecule has 0 aromatic heterocycles. The molecular weight excluding hydrogens is 212 g/mol. The third kappa shape index (κ3) is 3.94. The summed E-state index contributed by atoms with van der Waals surface area (Å²) in [5.41, 5.74) is 0. The van der Waals surface area contributed by atoms with Gasteiger partial charge in [0.15, 0.2) is 0 Å². The Morgan fingerprint density at radius 2 is 2.06 bits per heavy atom. The molecule has 1 heterocycles. The van der Waals surface area contributed by atoms with Crippen molar-refractivity contribution in [1.82, 2.24) is 10.2 Å². The van der Waals surface area contributed by atoms with E-state index in [1.54, 1.807) is 0 Å². The summed E-state index contributed by atoms with van der Waals surface area (Å²) in [5.74, 6) is 1.78. The zero-order valence-corrected chi connectivity index (χ0v) is 11.6. The Labute approximate surface area is 106 Å². The van der Waals surface area contributed by atoms with Crippen molar-refractivity contribution in [1.29, 1.82) is 0 Å². The predicted molar refractivity (Wildman–Crippen MR) is 71.2 cm³/mol. The molecule has 4 atom stereocenters. The molecule has 0 amide bonds. The molecule has 100 valence electrons. The van der Waals surface area contributed by atoms with Gasteiger partial charge in [-0.3, -0.25) is 0 Å². The summed E-state index contributed by atoms with van der Waals surface area (Å²) in [6.07, 6.45) is 4.45. The molecule has 2 aliphatic rings. The minimum absolute atomic E-state index is 0.392. The van der Waals surface area contributed by atoms with Crippen molar-refractivity contribution in [2.24, 2.45) is 11.8 Å². The van der Waals surface area contributed by atoms with E-state index < -0.39 is 0 Å². The monoisotopic (exact) mass is 240 g/mol.